The summed E-state index contributed by atoms with van der Waals surface area (Å²) in [6.07, 6.45) is 1.14. The van der Waals surface area contributed by atoms with Crippen molar-refractivity contribution in [3.8, 4) is 0 Å². The molecule has 1 aromatic rings. The largest absolute Gasteiger partial charge is 0.265 e. The molecule has 0 atom stereocenters. The van der Waals surface area contributed by atoms with Gasteiger partial charge >= 0.3 is 0 Å². The van der Waals surface area contributed by atoms with Crippen LogP contribution < -0.4 is 0 Å². The predicted octanol–water partition coefficient (Wildman–Crippen LogP) is 2.58. The maximum Gasteiger partial charge on any atom is 0.265 e. The van der Waals surface area contributed by atoms with Crippen LogP contribution >= 0.6 is 0 Å². The lowest BCUT2D eigenvalue weighted by Crippen LogP contribution is -1.89. The molecule has 0 aliphatic heterocycles. The third-order valence-electron chi connectivity index (χ3n) is 1.48. The van der Waals surface area contributed by atoms with Crippen molar-refractivity contribution < 1.29 is 8.78 Å². The standard InChI is InChI=1S/C8H9F2N/c1-2-6-3-7(8(9)10)5-11-4-6/h3-5,8H,2H2,1H3. The summed E-state index contributed by atoms with van der Waals surface area (Å²) >= 11 is 0. The summed E-state index contributed by atoms with van der Waals surface area (Å²) in [5, 5.41) is 0. The number of halogens is 2. The lowest BCUT2D eigenvalue weighted by atomic mass is 10.2. The van der Waals surface area contributed by atoms with Crippen LogP contribution in [0.25, 0.3) is 0 Å². The fourth-order valence-corrected chi connectivity index (χ4v) is 0.820. The van der Waals surface area contributed by atoms with Gasteiger partial charge < -0.3 is 0 Å². The van der Waals surface area contributed by atoms with Crippen molar-refractivity contribution in [3.63, 3.8) is 0 Å². The molecule has 0 N–H and O–H groups in total. The average Bonchev–Trinajstić information content (AvgIpc) is 2.05. The monoisotopic (exact) mass is 157 g/mol. The van der Waals surface area contributed by atoms with Gasteiger partial charge in [-0.2, -0.15) is 0 Å². The van der Waals surface area contributed by atoms with Crippen LogP contribution in [0.4, 0.5) is 8.78 Å². The number of nitrogens with zero attached hydrogens (tertiary/aromatic N) is 1. The molecule has 0 spiro atoms. The topological polar surface area (TPSA) is 12.9 Å². The minimum absolute atomic E-state index is 0.00403. The normalized spacial score (nSPS) is 10.5. The zero-order chi connectivity index (χ0) is 8.27. The highest BCUT2D eigenvalue weighted by atomic mass is 19.3. The molecule has 0 saturated heterocycles. The van der Waals surface area contributed by atoms with Gasteiger partial charge in [0.05, 0.1) is 0 Å². The zero-order valence-corrected chi connectivity index (χ0v) is 6.22. The number of aryl methyl sites for hydroxylation is 1. The van der Waals surface area contributed by atoms with Crippen molar-refractivity contribution in [2.45, 2.75) is 19.8 Å². The van der Waals surface area contributed by atoms with Gasteiger partial charge in [0.25, 0.3) is 6.43 Å². The summed E-state index contributed by atoms with van der Waals surface area (Å²) < 4.78 is 24.1. The molecule has 0 bridgehead atoms. The van der Waals surface area contributed by atoms with E-state index in [0.717, 1.165) is 12.0 Å². The Balaban J connectivity index is 2.91. The quantitative estimate of drug-likeness (QED) is 0.643. The third kappa shape index (κ3) is 1.97. The van der Waals surface area contributed by atoms with Gasteiger partial charge in [0, 0.05) is 18.0 Å². The Bertz CT molecular complexity index is 235. The second kappa shape index (κ2) is 3.42. The number of alkyl halides is 2. The number of hydrogen-bond donors (Lipinski definition) is 0. The van der Waals surface area contributed by atoms with E-state index >= 15 is 0 Å². The first kappa shape index (κ1) is 8.11. The first-order chi connectivity index (χ1) is 5.24. The molecule has 0 radical (unpaired) electrons. The molecular weight excluding hydrogens is 148 g/mol. The third-order valence-corrected chi connectivity index (χ3v) is 1.48. The van der Waals surface area contributed by atoms with Gasteiger partial charge in [-0.1, -0.05) is 6.92 Å². The molecule has 3 heteroatoms. The van der Waals surface area contributed by atoms with Crippen LogP contribution in [0.2, 0.25) is 0 Å². The first-order valence-electron chi connectivity index (χ1n) is 3.46. The molecule has 0 aliphatic rings. The molecule has 1 aromatic heterocycles. The van der Waals surface area contributed by atoms with Crippen molar-refractivity contribution in [3.05, 3.63) is 29.6 Å². The van der Waals surface area contributed by atoms with Crippen LogP contribution in [-0.2, 0) is 6.42 Å². The molecule has 1 rings (SSSR count). The SMILES string of the molecule is CCc1cncc(C(F)F)c1. The number of rotatable bonds is 2. The van der Waals surface area contributed by atoms with E-state index in [1.807, 2.05) is 6.92 Å². The smallest absolute Gasteiger partial charge is 0.264 e. The summed E-state index contributed by atoms with van der Waals surface area (Å²) in [5.41, 5.74) is 0.854. The average molecular weight is 157 g/mol. The summed E-state index contributed by atoms with van der Waals surface area (Å²) in [4.78, 5) is 3.70. The van der Waals surface area contributed by atoms with E-state index in [2.05, 4.69) is 4.98 Å². The van der Waals surface area contributed by atoms with E-state index in [0.29, 0.717) is 0 Å². The predicted molar refractivity (Wildman–Crippen MR) is 38.6 cm³/mol. The molecule has 0 aliphatic carbocycles. The van der Waals surface area contributed by atoms with Crippen LogP contribution in [0, 0.1) is 0 Å². The molecular formula is C8H9F2N. The Morgan fingerprint density at radius 3 is 2.73 bits per heavy atom. The molecule has 0 unspecified atom stereocenters. The van der Waals surface area contributed by atoms with Crippen LogP contribution in [0.5, 0.6) is 0 Å². The molecule has 0 saturated carbocycles. The van der Waals surface area contributed by atoms with Crippen LogP contribution in [-0.4, -0.2) is 4.98 Å². The Morgan fingerprint density at radius 2 is 2.18 bits per heavy atom. The lowest BCUT2D eigenvalue weighted by molar-refractivity contribution is 0.151. The summed E-state index contributed by atoms with van der Waals surface area (Å²) in [5.74, 6) is 0. The molecule has 1 heterocycles. The van der Waals surface area contributed by atoms with Gasteiger partial charge in [0.2, 0.25) is 0 Å². The van der Waals surface area contributed by atoms with E-state index in [1.165, 1.54) is 12.3 Å². The maximum absolute atomic E-state index is 12.0. The Labute approximate surface area is 64.1 Å². The molecule has 0 aromatic carbocycles. The molecule has 0 fully saturated rings. The van der Waals surface area contributed by atoms with Crippen molar-refractivity contribution in [2.75, 3.05) is 0 Å². The van der Waals surface area contributed by atoms with Gasteiger partial charge in [-0.25, -0.2) is 8.78 Å². The first-order valence-corrected chi connectivity index (χ1v) is 3.46. The van der Waals surface area contributed by atoms with E-state index in [4.69, 9.17) is 0 Å². The fraction of sp³-hybridized carbons (Fsp3) is 0.375. The van der Waals surface area contributed by atoms with E-state index < -0.39 is 6.43 Å². The summed E-state index contributed by atoms with van der Waals surface area (Å²) in [6.45, 7) is 1.91. The van der Waals surface area contributed by atoms with Crippen molar-refractivity contribution >= 4 is 0 Å². The van der Waals surface area contributed by atoms with Gasteiger partial charge in [-0.15, -0.1) is 0 Å². The molecule has 11 heavy (non-hydrogen) atoms. The van der Waals surface area contributed by atoms with Gasteiger partial charge in [-0.3, -0.25) is 4.98 Å². The van der Waals surface area contributed by atoms with Crippen LogP contribution in [0.1, 0.15) is 24.5 Å². The molecule has 1 nitrogen and oxygen atoms in total. The van der Waals surface area contributed by atoms with Crippen molar-refractivity contribution in [2.24, 2.45) is 0 Å². The number of aromatic nitrogens is 1. The van der Waals surface area contributed by atoms with Crippen molar-refractivity contribution in [1.82, 2.24) is 4.98 Å². The second-order valence-electron chi connectivity index (χ2n) is 2.28. The fourth-order valence-electron chi connectivity index (χ4n) is 0.820. The van der Waals surface area contributed by atoms with Gasteiger partial charge in [-0.05, 0) is 18.1 Å². The molecule has 60 valence electrons. The second-order valence-corrected chi connectivity index (χ2v) is 2.28. The van der Waals surface area contributed by atoms with E-state index in [-0.39, 0.29) is 5.56 Å². The highest BCUT2D eigenvalue weighted by Crippen LogP contribution is 2.18. The van der Waals surface area contributed by atoms with Gasteiger partial charge in [0.15, 0.2) is 0 Å². The Hall–Kier alpha value is -0.990. The maximum atomic E-state index is 12.0. The van der Waals surface area contributed by atoms with Crippen molar-refractivity contribution in [1.29, 1.82) is 0 Å². The van der Waals surface area contributed by atoms with Crippen LogP contribution in [0.15, 0.2) is 18.5 Å². The minimum Gasteiger partial charge on any atom is -0.264 e. The Morgan fingerprint density at radius 1 is 1.45 bits per heavy atom. The van der Waals surface area contributed by atoms with Crippen LogP contribution in [0.3, 0.4) is 0 Å². The number of hydrogen-bond acceptors (Lipinski definition) is 1. The minimum atomic E-state index is -2.41. The zero-order valence-electron chi connectivity index (χ0n) is 6.22. The van der Waals surface area contributed by atoms with E-state index in [1.54, 1.807) is 6.20 Å². The summed E-state index contributed by atoms with van der Waals surface area (Å²) in [6, 6.07) is 1.48. The Kier molecular flexibility index (Phi) is 2.52. The number of pyridine rings is 1. The highest BCUT2D eigenvalue weighted by molar-refractivity contribution is 5.18. The highest BCUT2D eigenvalue weighted by Gasteiger charge is 2.06. The molecule has 0 amide bonds. The lowest BCUT2D eigenvalue weighted by Gasteiger charge is -1.99. The van der Waals surface area contributed by atoms with E-state index in [9.17, 15) is 8.78 Å². The summed E-state index contributed by atoms with van der Waals surface area (Å²) in [7, 11) is 0. The van der Waals surface area contributed by atoms with Gasteiger partial charge in [0.1, 0.15) is 0 Å².